The SMILES string of the molecule is CN(C1CCCC1CN)S(=O)(=O)Cc1ccccc1C#N. The summed E-state index contributed by atoms with van der Waals surface area (Å²) in [7, 11) is -1.82. The van der Waals surface area contributed by atoms with Gasteiger partial charge in [0.15, 0.2) is 0 Å². The topological polar surface area (TPSA) is 87.2 Å². The Bertz CT molecular complexity index is 637. The summed E-state index contributed by atoms with van der Waals surface area (Å²) < 4.78 is 26.6. The molecule has 1 aromatic rings. The van der Waals surface area contributed by atoms with E-state index in [2.05, 4.69) is 0 Å². The lowest BCUT2D eigenvalue weighted by molar-refractivity contribution is 0.304. The zero-order chi connectivity index (χ0) is 15.5. The molecule has 1 fully saturated rings. The molecule has 5 nitrogen and oxygen atoms in total. The Hall–Kier alpha value is -1.42. The maximum Gasteiger partial charge on any atom is 0.218 e. The van der Waals surface area contributed by atoms with Crippen LogP contribution in [0.2, 0.25) is 0 Å². The molecular weight excluding hydrogens is 286 g/mol. The summed E-state index contributed by atoms with van der Waals surface area (Å²) in [4.78, 5) is 0. The molecule has 2 atom stereocenters. The van der Waals surface area contributed by atoms with Crippen molar-refractivity contribution in [1.29, 1.82) is 5.26 Å². The molecule has 0 radical (unpaired) electrons. The van der Waals surface area contributed by atoms with E-state index in [0.717, 1.165) is 19.3 Å². The minimum absolute atomic E-state index is 0.0192. The molecule has 2 rings (SSSR count). The third-order valence-corrected chi connectivity index (χ3v) is 6.13. The molecule has 2 unspecified atom stereocenters. The number of nitrogens with zero attached hydrogens (tertiary/aromatic N) is 2. The number of nitrogens with two attached hydrogens (primary N) is 1. The average Bonchev–Trinajstić information content (AvgIpc) is 2.94. The lowest BCUT2D eigenvalue weighted by atomic mass is 10.0. The van der Waals surface area contributed by atoms with E-state index in [1.807, 2.05) is 6.07 Å². The molecule has 2 N–H and O–H groups in total. The number of benzene rings is 1. The minimum atomic E-state index is -3.45. The molecule has 0 saturated heterocycles. The van der Waals surface area contributed by atoms with Crippen LogP contribution in [0.5, 0.6) is 0 Å². The number of hydrogen-bond donors (Lipinski definition) is 1. The molecule has 1 aromatic carbocycles. The van der Waals surface area contributed by atoms with Crippen LogP contribution in [0.4, 0.5) is 0 Å². The van der Waals surface area contributed by atoms with E-state index < -0.39 is 10.0 Å². The number of rotatable bonds is 5. The lowest BCUT2D eigenvalue weighted by Gasteiger charge is -2.28. The fraction of sp³-hybridized carbons (Fsp3) is 0.533. The second-order valence-electron chi connectivity index (χ2n) is 5.54. The van der Waals surface area contributed by atoms with Crippen LogP contribution >= 0.6 is 0 Å². The molecule has 6 heteroatoms. The van der Waals surface area contributed by atoms with E-state index in [1.165, 1.54) is 4.31 Å². The standard InChI is InChI=1S/C15H21N3O2S/c1-18(15-8-4-7-13(15)10-17)21(19,20)11-14-6-3-2-5-12(14)9-16/h2-3,5-6,13,15H,4,7-8,10-11,17H2,1H3. The van der Waals surface area contributed by atoms with Gasteiger partial charge < -0.3 is 5.73 Å². The summed E-state index contributed by atoms with van der Waals surface area (Å²) in [6.45, 7) is 0.513. The van der Waals surface area contributed by atoms with Gasteiger partial charge in [-0.3, -0.25) is 0 Å². The summed E-state index contributed by atoms with van der Waals surface area (Å²) in [6, 6.07) is 8.85. The van der Waals surface area contributed by atoms with E-state index in [-0.39, 0.29) is 17.7 Å². The molecule has 0 amide bonds. The predicted octanol–water partition coefficient (Wildman–Crippen LogP) is 1.45. The molecule has 114 valence electrons. The smallest absolute Gasteiger partial charge is 0.218 e. The Kier molecular flexibility index (Phi) is 4.99. The first-order valence-corrected chi connectivity index (χ1v) is 8.74. The highest BCUT2D eigenvalue weighted by atomic mass is 32.2. The van der Waals surface area contributed by atoms with Gasteiger partial charge in [-0.15, -0.1) is 0 Å². The van der Waals surface area contributed by atoms with Crippen molar-refractivity contribution in [1.82, 2.24) is 4.31 Å². The van der Waals surface area contributed by atoms with Crippen molar-refractivity contribution in [3.05, 3.63) is 35.4 Å². The Morgan fingerprint density at radius 3 is 2.76 bits per heavy atom. The summed E-state index contributed by atoms with van der Waals surface area (Å²) in [5.41, 5.74) is 6.70. The van der Waals surface area contributed by atoms with Crippen molar-refractivity contribution in [2.45, 2.75) is 31.1 Å². The van der Waals surface area contributed by atoms with E-state index in [0.29, 0.717) is 17.7 Å². The van der Waals surface area contributed by atoms with Crippen LogP contribution in [0.15, 0.2) is 24.3 Å². The van der Waals surface area contributed by atoms with Gasteiger partial charge in [0, 0.05) is 13.1 Å². The Morgan fingerprint density at radius 1 is 1.38 bits per heavy atom. The highest BCUT2D eigenvalue weighted by Crippen LogP contribution is 2.30. The van der Waals surface area contributed by atoms with Crippen molar-refractivity contribution in [2.24, 2.45) is 11.7 Å². The lowest BCUT2D eigenvalue weighted by Crippen LogP contribution is -2.42. The maximum absolute atomic E-state index is 12.6. The first kappa shape index (κ1) is 16.0. The van der Waals surface area contributed by atoms with Crippen LogP contribution in [-0.2, 0) is 15.8 Å². The Labute approximate surface area is 126 Å². The highest BCUT2D eigenvalue weighted by Gasteiger charge is 2.35. The molecule has 0 spiro atoms. The molecule has 0 aromatic heterocycles. The molecule has 1 saturated carbocycles. The van der Waals surface area contributed by atoms with Crippen LogP contribution in [0.1, 0.15) is 30.4 Å². The average molecular weight is 307 g/mol. The van der Waals surface area contributed by atoms with Crippen molar-refractivity contribution in [3.63, 3.8) is 0 Å². The van der Waals surface area contributed by atoms with Crippen molar-refractivity contribution < 1.29 is 8.42 Å². The van der Waals surface area contributed by atoms with Crippen LogP contribution in [-0.4, -0.2) is 32.4 Å². The zero-order valence-corrected chi connectivity index (χ0v) is 13.0. The van der Waals surface area contributed by atoms with Crippen LogP contribution in [0.3, 0.4) is 0 Å². The van der Waals surface area contributed by atoms with Gasteiger partial charge in [0.1, 0.15) is 0 Å². The summed E-state index contributed by atoms with van der Waals surface area (Å²) in [5.74, 6) is 0.0945. The molecule has 0 heterocycles. The summed E-state index contributed by atoms with van der Waals surface area (Å²) >= 11 is 0. The molecular formula is C15H21N3O2S. The minimum Gasteiger partial charge on any atom is -0.330 e. The molecule has 1 aliphatic rings. The van der Waals surface area contributed by atoms with E-state index in [1.54, 1.807) is 31.3 Å². The second kappa shape index (κ2) is 6.56. The first-order chi connectivity index (χ1) is 9.99. The van der Waals surface area contributed by atoms with Crippen LogP contribution < -0.4 is 5.73 Å². The molecule has 21 heavy (non-hydrogen) atoms. The Morgan fingerprint density at radius 2 is 2.10 bits per heavy atom. The van der Waals surface area contributed by atoms with Gasteiger partial charge in [0.2, 0.25) is 10.0 Å². The highest BCUT2D eigenvalue weighted by molar-refractivity contribution is 7.88. The van der Waals surface area contributed by atoms with E-state index >= 15 is 0 Å². The zero-order valence-electron chi connectivity index (χ0n) is 12.2. The predicted molar refractivity (Wildman–Crippen MR) is 81.7 cm³/mol. The van der Waals surface area contributed by atoms with Crippen molar-refractivity contribution >= 4 is 10.0 Å². The Balaban J connectivity index is 2.20. The molecule has 0 aliphatic heterocycles. The van der Waals surface area contributed by atoms with Gasteiger partial charge in [-0.1, -0.05) is 24.6 Å². The maximum atomic E-state index is 12.6. The number of sulfonamides is 1. The van der Waals surface area contributed by atoms with Crippen molar-refractivity contribution in [3.8, 4) is 6.07 Å². The summed E-state index contributed by atoms with van der Waals surface area (Å²) in [5, 5.41) is 9.07. The van der Waals surface area contributed by atoms with E-state index in [9.17, 15) is 8.42 Å². The van der Waals surface area contributed by atoms with Gasteiger partial charge in [-0.25, -0.2) is 12.7 Å². The largest absolute Gasteiger partial charge is 0.330 e. The van der Waals surface area contributed by atoms with Crippen LogP contribution in [0, 0.1) is 17.2 Å². The monoisotopic (exact) mass is 307 g/mol. The van der Waals surface area contributed by atoms with Gasteiger partial charge in [-0.05, 0) is 36.9 Å². The van der Waals surface area contributed by atoms with Crippen LogP contribution in [0.25, 0.3) is 0 Å². The van der Waals surface area contributed by atoms with Gasteiger partial charge >= 0.3 is 0 Å². The third kappa shape index (κ3) is 3.43. The van der Waals surface area contributed by atoms with Gasteiger partial charge in [0.05, 0.1) is 17.4 Å². The fourth-order valence-electron chi connectivity index (χ4n) is 3.03. The van der Waals surface area contributed by atoms with Crippen molar-refractivity contribution in [2.75, 3.05) is 13.6 Å². The normalized spacial score (nSPS) is 22.4. The number of nitriles is 1. The van der Waals surface area contributed by atoms with E-state index in [4.69, 9.17) is 11.0 Å². The molecule has 0 bridgehead atoms. The van der Waals surface area contributed by atoms with Gasteiger partial charge in [-0.2, -0.15) is 5.26 Å². The van der Waals surface area contributed by atoms with Gasteiger partial charge in [0.25, 0.3) is 0 Å². The first-order valence-electron chi connectivity index (χ1n) is 7.13. The quantitative estimate of drug-likeness (QED) is 0.892. The number of hydrogen-bond acceptors (Lipinski definition) is 4. The second-order valence-corrected chi connectivity index (χ2v) is 7.56. The third-order valence-electron chi connectivity index (χ3n) is 4.30. The summed E-state index contributed by atoms with van der Waals surface area (Å²) in [6.07, 6.45) is 2.86. The molecule has 1 aliphatic carbocycles. The fourth-order valence-corrected chi connectivity index (χ4v) is 4.57.